The molecule has 1 fully saturated rings. The number of anilines is 1. The molecule has 9 heteroatoms. The number of aliphatic imine (C=N–C) groups is 1. The maximum atomic E-state index is 12.8. The highest BCUT2D eigenvalue weighted by atomic mass is 19.3. The van der Waals surface area contributed by atoms with E-state index in [0.29, 0.717) is 42.8 Å². The van der Waals surface area contributed by atoms with E-state index in [0.717, 1.165) is 18.5 Å². The second-order valence-corrected chi connectivity index (χ2v) is 7.27. The van der Waals surface area contributed by atoms with Crippen molar-refractivity contribution in [1.82, 2.24) is 10.6 Å². The number of alkyl halides is 2. The van der Waals surface area contributed by atoms with Crippen molar-refractivity contribution >= 4 is 11.6 Å². The predicted octanol–water partition coefficient (Wildman–Crippen LogP) is 3.64. The predicted molar refractivity (Wildman–Crippen MR) is 121 cm³/mol. The summed E-state index contributed by atoms with van der Waals surface area (Å²) in [5.74, 6) is 2.20. The van der Waals surface area contributed by atoms with Gasteiger partial charge < -0.3 is 29.7 Å². The highest BCUT2D eigenvalue weighted by Crippen LogP contribution is 2.32. The average Bonchev–Trinajstić information content (AvgIpc) is 3.25. The van der Waals surface area contributed by atoms with E-state index in [9.17, 15) is 8.78 Å². The number of rotatable bonds is 9. The molecule has 7 nitrogen and oxygen atoms in total. The van der Waals surface area contributed by atoms with Gasteiger partial charge in [-0.2, -0.15) is 8.78 Å². The van der Waals surface area contributed by atoms with E-state index in [1.165, 1.54) is 0 Å². The fourth-order valence-corrected chi connectivity index (χ4v) is 3.77. The Morgan fingerprint density at radius 2 is 1.91 bits per heavy atom. The number of nitrogens with one attached hydrogen (secondary N) is 2. The number of methoxy groups -OCH3 is 2. The van der Waals surface area contributed by atoms with Crippen LogP contribution in [0.3, 0.4) is 0 Å². The molecule has 0 aromatic heterocycles. The molecule has 174 valence electrons. The van der Waals surface area contributed by atoms with E-state index >= 15 is 0 Å². The molecule has 2 aromatic rings. The molecule has 2 aromatic carbocycles. The number of para-hydroxylation sites is 3. The molecule has 2 N–H and O–H groups in total. The van der Waals surface area contributed by atoms with E-state index in [-0.39, 0.29) is 11.8 Å². The zero-order valence-electron chi connectivity index (χ0n) is 18.6. The first-order chi connectivity index (χ1) is 15.5. The van der Waals surface area contributed by atoms with Crippen LogP contribution in [0, 0.1) is 0 Å². The minimum Gasteiger partial charge on any atom is -0.493 e. The maximum absolute atomic E-state index is 12.8. The lowest BCUT2D eigenvalue weighted by molar-refractivity contribution is -0.0495. The van der Waals surface area contributed by atoms with Crippen LogP contribution in [-0.4, -0.2) is 52.5 Å². The van der Waals surface area contributed by atoms with E-state index in [4.69, 9.17) is 14.5 Å². The van der Waals surface area contributed by atoms with Crippen molar-refractivity contribution in [2.45, 2.75) is 32.5 Å². The highest BCUT2D eigenvalue weighted by Gasteiger charge is 2.26. The Labute approximate surface area is 187 Å². The van der Waals surface area contributed by atoms with E-state index in [1.807, 2.05) is 36.1 Å². The van der Waals surface area contributed by atoms with Gasteiger partial charge in [-0.25, -0.2) is 4.99 Å². The molecule has 1 heterocycles. The first kappa shape index (κ1) is 23.4. The van der Waals surface area contributed by atoms with Crippen LogP contribution in [0.15, 0.2) is 47.5 Å². The summed E-state index contributed by atoms with van der Waals surface area (Å²) in [6.45, 7) is 1.65. The third kappa shape index (κ3) is 5.93. The molecule has 1 atom stereocenters. The van der Waals surface area contributed by atoms with Crippen LogP contribution in [0.5, 0.6) is 17.2 Å². The summed E-state index contributed by atoms with van der Waals surface area (Å²) in [6, 6.07) is 12.7. The molecular formula is C23H30F2N4O3. The first-order valence-electron chi connectivity index (χ1n) is 10.6. The summed E-state index contributed by atoms with van der Waals surface area (Å²) in [5, 5.41) is 6.71. The van der Waals surface area contributed by atoms with Crippen molar-refractivity contribution in [1.29, 1.82) is 0 Å². The van der Waals surface area contributed by atoms with Crippen LogP contribution < -0.4 is 29.7 Å². The van der Waals surface area contributed by atoms with Crippen LogP contribution in [0.25, 0.3) is 0 Å². The molecule has 32 heavy (non-hydrogen) atoms. The smallest absolute Gasteiger partial charge is 0.387 e. The fraction of sp³-hybridized carbons (Fsp3) is 0.435. The van der Waals surface area contributed by atoms with Gasteiger partial charge in [-0.3, -0.25) is 0 Å². The van der Waals surface area contributed by atoms with Crippen LogP contribution >= 0.6 is 0 Å². The number of ether oxygens (including phenoxy) is 3. The molecule has 1 aliphatic rings. The van der Waals surface area contributed by atoms with Crippen molar-refractivity contribution in [3.8, 4) is 17.2 Å². The molecule has 0 saturated carbocycles. The molecule has 0 amide bonds. The molecule has 0 bridgehead atoms. The minimum atomic E-state index is -2.85. The average molecular weight is 449 g/mol. The van der Waals surface area contributed by atoms with Crippen molar-refractivity contribution in [2.75, 3.05) is 38.8 Å². The largest absolute Gasteiger partial charge is 0.493 e. The molecule has 1 aliphatic heterocycles. The Morgan fingerprint density at radius 1 is 1.12 bits per heavy atom. The fourth-order valence-electron chi connectivity index (χ4n) is 3.77. The summed E-state index contributed by atoms with van der Waals surface area (Å²) >= 11 is 0. The van der Waals surface area contributed by atoms with Crippen LogP contribution in [0.4, 0.5) is 14.5 Å². The molecule has 0 spiro atoms. The van der Waals surface area contributed by atoms with Crippen molar-refractivity contribution < 1.29 is 23.0 Å². The number of halogens is 2. The SMILES string of the molecule is CCNC(=NCc1cccc(OC)c1OC)NC1CCN(c2ccccc2OC(F)F)C1. The second-order valence-electron chi connectivity index (χ2n) is 7.27. The maximum Gasteiger partial charge on any atom is 0.387 e. The molecule has 1 unspecified atom stereocenters. The lowest BCUT2D eigenvalue weighted by atomic mass is 10.2. The Bertz CT molecular complexity index is 911. The van der Waals surface area contributed by atoms with E-state index in [2.05, 4.69) is 15.4 Å². The molecule has 3 rings (SSSR count). The molecular weight excluding hydrogens is 418 g/mol. The van der Waals surface area contributed by atoms with Gasteiger partial charge in [-0.05, 0) is 31.5 Å². The Morgan fingerprint density at radius 3 is 2.62 bits per heavy atom. The Kier molecular flexibility index (Phi) is 8.35. The highest BCUT2D eigenvalue weighted by molar-refractivity contribution is 5.80. The normalized spacial score (nSPS) is 16.2. The van der Waals surface area contributed by atoms with Crippen LogP contribution in [0.1, 0.15) is 18.9 Å². The first-order valence-corrected chi connectivity index (χ1v) is 10.6. The summed E-state index contributed by atoms with van der Waals surface area (Å²) in [5.41, 5.74) is 1.58. The quantitative estimate of drug-likeness (QED) is 0.451. The van der Waals surface area contributed by atoms with Crippen molar-refractivity contribution in [2.24, 2.45) is 4.99 Å². The van der Waals surface area contributed by atoms with Crippen molar-refractivity contribution in [3.63, 3.8) is 0 Å². The van der Waals surface area contributed by atoms with E-state index in [1.54, 1.807) is 32.4 Å². The number of nitrogens with zero attached hydrogens (tertiary/aromatic N) is 2. The van der Waals surface area contributed by atoms with Gasteiger partial charge in [0, 0.05) is 31.2 Å². The van der Waals surface area contributed by atoms with Crippen LogP contribution in [0.2, 0.25) is 0 Å². The number of hydrogen-bond donors (Lipinski definition) is 2. The minimum absolute atomic E-state index is 0.111. The zero-order valence-corrected chi connectivity index (χ0v) is 18.6. The lowest BCUT2D eigenvalue weighted by Crippen LogP contribution is -2.44. The molecule has 0 radical (unpaired) electrons. The van der Waals surface area contributed by atoms with Gasteiger partial charge in [-0.1, -0.05) is 24.3 Å². The van der Waals surface area contributed by atoms with Gasteiger partial charge in [0.1, 0.15) is 5.75 Å². The van der Waals surface area contributed by atoms with Gasteiger partial charge in [0.05, 0.1) is 26.5 Å². The van der Waals surface area contributed by atoms with Gasteiger partial charge in [0.2, 0.25) is 0 Å². The monoisotopic (exact) mass is 448 g/mol. The second kappa shape index (κ2) is 11.4. The van der Waals surface area contributed by atoms with Gasteiger partial charge in [-0.15, -0.1) is 0 Å². The van der Waals surface area contributed by atoms with Gasteiger partial charge in [0.25, 0.3) is 0 Å². The van der Waals surface area contributed by atoms with Gasteiger partial charge in [0.15, 0.2) is 17.5 Å². The van der Waals surface area contributed by atoms with Crippen molar-refractivity contribution in [3.05, 3.63) is 48.0 Å². The Balaban J connectivity index is 1.68. The molecule has 0 aliphatic carbocycles. The lowest BCUT2D eigenvalue weighted by Gasteiger charge is -2.22. The summed E-state index contributed by atoms with van der Waals surface area (Å²) in [6.07, 6.45) is 0.843. The van der Waals surface area contributed by atoms with Crippen LogP contribution in [-0.2, 0) is 6.54 Å². The summed E-state index contributed by atoms with van der Waals surface area (Å²) < 4.78 is 41.0. The van der Waals surface area contributed by atoms with Gasteiger partial charge >= 0.3 is 6.61 Å². The zero-order chi connectivity index (χ0) is 22.9. The number of benzene rings is 2. The van der Waals surface area contributed by atoms with E-state index < -0.39 is 6.61 Å². The Hall–Kier alpha value is -3.23. The number of hydrogen-bond acceptors (Lipinski definition) is 5. The molecule has 1 saturated heterocycles. The third-order valence-corrected chi connectivity index (χ3v) is 5.19. The standard InChI is InChI=1S/C23H30F2N4O3/c1-4-26-23(27-14-16-8-7-11-20(30-2)21(16)31-3)28-17-12-13-29(15-17)18-9-5-6-10-19(18)32-22(24)25/h5-11,17,22H,4,12-15H2,1-3H3,(H2,26,27,28). The topological polar surface area (TPSA) is 67.4 Å². The third-order valence-electron chi connectivity index (χ3n) is 5.19. The summed E-state index contributed by atoms with van der Waals surface area (Å²) in [7, 11) is 3.21. The number of guanidine groups is 1. The summed E-state index contributed by atoms with van der Waals surface area (Å²) in [4.78, 5) is 6.75.